The molecule has 0 aliphatic heterocycles. The third kappa shape index (κ3) is 11.0. The fourth-order valence-corrected chi connectivity index (χ4v) is 7.53. The Balaban J connectivity index is 0.969. The number of phenols is 23. The summed E-state index contributed by atoms with van der Waals surface area (Å²) in [6.45, 7) is 0. The molecule has 9 rings (SSSR count). The molecule has 0 bridgehead atoms. The van der Waals surface area contributed by atoms with Gasteiger partial charge in [-0.2, -0.15) is 0 Å². The first kappa shape index (κ1) is 56.5. The molecule has 9 aromatic carbocycles. The third-order valence-electron chi connectivity index (χ3n) is 11.4. The van der Waals surface area contributed by atoms with Crippen molar-refractivity contribution in [3.8, 4) is 224 Å². The largest absolute Gasteiger partial charge is 0.508 e. The van der Waals surface area contributed by atoms with E-state index in [0.29, 0.717) is 42.5 Å². The number of rotatable bonds is 16. The first-order valence-corrected chi connectivity index (χ1v) is 23.1. The predicted molar refractivity (Wildman–Crippen MR) is 277 cm³/mol. The van der Waals surface area contributed by atoms with Crippen molar-refractivity contribution in [1.82, 2.24) is 0 Å². The SMILES string of the molecule is Oc1cc(O)c(Oc2cc(O)cc(O)c2Oc2cc(O)c(Oc3cc(O)c(O)c(O)c3Oc3cc(O)c(Oc4cc(O)c(O)c(O)c4Oc4cc(O)c(Oc5cc(O)c(O)c(O)c5Oc5cc(O)c(O)c(O)c5)c(O)c4)c(O)c3)c(O)c2)c(O)c1. The van der Waals surface area contributed by atoms with E-state index < -0.39 is 224 Å². The Morgan fingerprint density at radius 2 is 0.353 bits per heavy atom. The second kappa shape index (κ2) is 21.4. The van der Waals surface area contributed by atoms with Gasteiger partial charge < -0.3 is 155 Å². The Morgan fingerprint density at radius 1 is 0.153 bits per heavy atom. The first-order chi connectivity index (χ1) is 40.1. The lowest BCUT2D eigenvalue weighted by Crippen LogP contribution is -1.96. The molecule has 0 saturated heterocycles. The summed E-state index contributed by atoms with van der Waals surface area (Å²) in [6, 6.07) is 10.7. The van der Waals surface area contributed by atoms with E-state index in [2.05, 4.69) is 0 Å². The zero-order valence-corrected chi connectivity index (χ0v) is 41.7. The van der Waals surface area contributed by atoms with Crippen molar-refractivity contribution < 1.29 is 155 Å². The molecule has 31 heteroatoms. The lowest BCUT2D eigenvalue weighted by Gasteiger charge is -2.19. The van der Waals surface area contributed by atoms with E-state index in [4.69, 9.17) is 37.9 Å². The molecular formula is C54H38O31. The van der Waals surface area contributed by atoms with Gasteiger partial charge in [0.25, 0.3) is 0 Å². The fourth-order valence-electron chi connectivity index (χ4n) is 7.53. The lowest BCUT2D eigenvalue weighted by atomic mass is 10.2. The van der Waals surface area contributed by atoms with Crippen molar-refractivity contribution in [2.24, 2.45) is 0 Å². The molecule has 9 aromatic rings. The summed E-state index contributed by atoms with van der Waals surface area (Å²) in [4.78, 5) is 0. The molecule has 0 saturated carbocycles. The average Bonchev–Trinajstić information content (AvgIpc) is 1.61. The first-order valence-electron chi connectivity index (χ1n) is 23.1. The molecule has 0 unspecified atom stereocenters. The van der Waals surface area contributed by atoms with Crippen LogP contribution in [0.15, 0.2) is 91.0 Å². The van der Waals surface area contributed by atoms with Gasteiger partial charge in [0, 0.05) is 91.0 Å². The summed E-state index contributed by atoms with van der Waals surface area (Å²) in [6.07, 6.45) is 0. The minimum Gasteiger partial charge on any atom is -0.508 e. The molecule has 85 heavy (non-hydrogen) atoms. The molecule has 0 amide bonds. The highest BCUT2D eigenvalue weighted by Crippen LogP contribution is 2.59. The lowest BCUT2D eigenvalue weighted by molar-refractivity contribution is 0.317. The minimum absolute atomic E-state index is 0.505. The normalized spacial score (nSPS) is 11.0. The van der Waals surface area contributed by atoms with Crippen LogP contribution in [0.3, 0.4) is 0 Å². The van der Waals surface area contributed by atoms with Crippen molar-refractivity contribution in [2.45, 2.75) is 0 Å². The van der Waals surface area contributed by atoms with Crippen LogP contribution in [-0.4, -0.2) is 117 Å². The van der Waals surface area contributed by atoms with E-state index in [1.807, 2.05) is 0 Å². The molecule has 31 nitrogen and oxygen atoms in total. The molecule has 0 heterocycles. The zero-order valence-electron chi connectivity index (χ0n) is 41.7. The van der Waals surface area contributed by atoms with Crippen molar-refractivity contribution in [2.75, 3.05) is 0 Å². The van der Waals surface area contributed by atoms with Crippen LogP contribution in [0.5, 0.6) is 224 Å². The van der Waals surface area contributed by atoms with Crippen LogP contribution < -0.4 is 37.9 Å². The number of hydrogen-bond donors (Lipinski definition) is 23. The van der Waals surface area contributed by atoms with Crippen LogP contribution in [0.25, 0.3) is 0 Å². The molecule has 0 aliphatic rings. The van der Waals surface area contributed by atoms with E-state index in [1.165, 1.54) is 0 Å². The van der Waals surface area contributed by atoms with E-state index >= 15 is 0 Å². The van der Waals surface area contributed by atoms with Gasteiger partial charge in [0.15, 0.2) is 103 Å². The van der Waals surface area contributed by atoms with Crippen LogP contribution >= 0.6 is 0 Å². The summed E-state index contributed by atoms with van der Waals surface area (Å²) in [7, 11) is 0. The minimum atomic E-state index is -1.31. The van der Waals surface area contributed by atoms with Gasteiger partial charge in [-0.25, -0.2) is 0 Å². The summed E-state index contributed by atoms with van der Waals surface area (Å²) in [5.41, 5.74) is 0. The standard InChI is InChI=1S/C54H38O31/c55-16-1-27(62)47(28(63)2-16)82-36-4-17(56)3-29(64)51(36)78-19-7-30(65)48(31(66)8-19)84-38-14-25(60)42(73)45(76)53(38)80-21-11-34(69)50(35(70)12-21)85-39-15-26(61)43(74)46(77)54(39)81-20-9-32(67)49(33(68)10-20)83-37-13-24(59)41(72)44(75)52(37)79-18-5-22(57)40(71)23(58)6-18/h1-15,55-77H. The van der Waals surface area contributed by atoms with Gasteiger partial charge in [-0.3, -0.25) is 0 Å². The van der Waals surface area contributed by atoms with E-state index in [-0.39, 0.29) is 0 Å². The second-order valence-corrected chi connectivity index (χ2v) is 17.4. The quantitative estimate of drug-likeness (QED) is 0.0400. The smallest absolute Gasteiger partial charge is 0.215 e. The monoisotopic (exact) mass is 1180 g/mol. The van der Waals surface area contributed by atoms with Gasteiger partial charge >= 0.3 is 0 Å². The van der Waals surface area contributed by atoms with E-state index in [0.717, 1.165) is 48.5 Å². The van der Waals surface area contributed by atoms with Crippen LogP contribution in [-0.2, 0) is 0 Å². The Kier molecular flexibility index (Phi) is 14.3. The topological polar surface area (TPSA) is 539 Å². The van der Waals surface area contributed by atoms with Gasteiger partial charge in [-0.05, 0) is 0 Å². The van der Waals surface area contributed by atoms with Gasteiger partial charge in [0.05, 0.1) is 0 Å². The zero-order chi connectivity index (χ0) is 61.8. The van der Waals surface area contributed by atoms with Gasteiger partial charge in [-0.15, -0.1) is 0 Å². The van der Waals surface area contributed by atoms with Crippen molar-refractivity contribution in [1.29, 1.82) is 0 Å². The summed E-state index contributed by atoms with van der Waals surface area (Å²) >= 11 is 0. The van der Waals surface area contributed by atoms with Gasteiger partial charge in [0.1, 0.15) is 34.5 Å². The number of phenolic OH excluding ortho intramolecular Hbond substituents is 23. The molecular weight excluding hydrogens is 1140 g/mol. The average molecular weight is 1180 g/mol. The number of aromatic hydroxyl groups is 23. The molecule has 0 aromatic heterocycles. The molecule has 23 N–H and O–H groups in total. The van der Waals surface area contributed by atoms with Crippen LogP contribution in [0.4, 0.5) is 0 Å². The van der Waals surface area contributed by atoms with Crippen molar-refractivity contribution in [3.05, 3.63) is 91.0 Å². The van der Waals surface area contributed by atoms with E-state index in [9.17, 15) is 117 Å². The Bertz CT molecular complexity index is 4080. The number of hydrogen-bond acceptors (Lipinski definition) is 31. The maximum Gasteiger partial charge on any atom is 0.215 e. The maximum atomic E-state index is 11.2. The summed E-state index contributed by atoms with van der Waals surface area (Å²) < 4.78 is 44.3. The highest BCUT2D eigenvalue weighted by molar-refractivity contribution is 5.72. The van der Waals surface area contributed by atoms with Crippen LogP contribution in [0.2, 0.25) is 0 Å². The molecule has 0 atom stereocenters. The Morgan fingerprint density at radius 3 is 0.635 bits per heavy atom. The molecule has 0 fully saturated rings. The second-order valence-electron chi connectivity index (χ2n) is 17.4. The fraction of sp³-hybridized carbons (Fsp3) is 0. The maximum absolute atomic E-state index is 11.2. The van der Waals surface area contributed by atoms with Crippen molar-refractivity contribution >= 4 is 0 Å². The molecule has 440 valence electrons. The Labute approximate surface area is 469 Å². The molecule has 0 aliphatic carbocycles. The molecule has 0 spiro atoms. The van der Waals surface area contributed by atoms with Gasteiger partial charge in [0.2, 0.25) is 86.2 Å². The van der Waals surface area contributed by atoms with Crippen molar-refractivity contribution in [3.63, 3.8) is 0 Å². The summed E-state index contributed by atoms with van der Waals surface area (Å²) in [5, 5.41) is 242. The van der Waals surface area contributed by atoms with Crippen LogP contribution in [0, 0.1) is 0 Å². The predicted octanol–water partition coefficient (Wildman–Crippen LogP) is 9.25. The summed E-state index contributed by atoms with van der Waals surface area (Å²) in [5.74, 6) is -35.6. The van der Waals surface area contributed by atoms with Gasteiger partial charge in [-0.1, -0.05) is 0 Å². The third-order valence-corrected chi connectivity index (χ3v) is 11.4. The van der Waals surface area contributed by atoms with E-state index in [1.54, 1.807) is 0 Å². The Hall–Kier alpha value is -13.2. The number of benzene rings is 9. The highest BCUT2D eigenvalue weighted by Gasteiger charge is 2.30. The number of ether oxygens (including phenoxy) is 8. The van der Waals surface area contributed by atoms with Crippen LogP contribution in [0.1, 0.15) is 0 Å². The highest BCUT2D eigenvalue weighted by atomic mass is 16.6. The molecule has 0 radical (unpaired) electrons.